The van der Waals surface area contributed by atoms with Crippen molar-refractivity contribution in [1.82, 2.24) is 10.2 Å². The Balaban J connectivity index is 2.51. The molecule has 1 fully saturated rings. The Bertz CT molecular complexity index is 336. The summed E-state index contributed by atoms with van der Waals surface area (Å²) in [6, 6.07) is -0.988. The summed E-state index contributed by atoms with van der Waals surface area (Å²) in [7, 11) is 1.74. The molecule has 0 aromatic heterocycles. The maximum Gasteiger partial charge on any atom is 0.326 e. The lowest BCUT2D eigenvalue weighted by atomic mass is 9.87. The van der Waals surface area contributed by atoms with Crippen molar-refractivity contribution in [3.63, 3.8) is 0 Å². The Morgan fingerprint density at radius 1 is 1.42 bits per heavy atom. The van der Waals surface area contributed by atoms with E-state index in [4.69, 9.17) is 5.11 Å². The number of nitrogens with one attached hydrogen (secondary N) is 1. The molecule has 19 heavy (non-hydrogen) atoms. The number of urea groups is 1. The molecule has 0 heterocycles. The molecule has 1 atom stereocenters. The molecule has 0 aromatic rings. The third-order valence-electron chi connectivity index (χ3n) is 3.85. The summed E-state index contributed by atoms with van der Waals surface area (Å²) in [5, 5.41) is 11.5. The van der Waals surface area contributed by atoms with Gasteiger partial charge in [-0.1, -0.05) is 13.0 Å². The highest BCUT2D eigenvalue weighted by Gasteiger charge is 2.27. The van der Waals surface area contributed by atoms with Crippen LogP contribution in [0.15, 0.2) is 12.7 Å². The number of rotatable bonds is 5. The second-order valence-electron chi connectivity index (χ2n) is 5.39. The van der Waals surface area contributed by atoms with Gasteiger partial charge in [-0.2, -0.15) is 0 Å². The topological polar surface area (TPSA) is 69.6 Å². The fourth-order valence-electron chi connectivity index (χ4n) is 2.43. The highest BCUT2D eigenvalue weighted by molar-refractivity contribution is 5.82. The molecule has 1 aliphatic carbocycles. The summed E-state index contributed by atoms with van der Waals surface area (Å²) in [4.78, 5) is 24.7. The first-order valence-electron chi connectivity index (χ1n) is 6.82. The fourth-order valence-corrected chi connectivity index (χ4v) is 2.43. The average Bonchev–Trinajstić information content (AvgIpc) is 2.38. The number of carbonyl (C=O) groups excluding carboxylic acids is 1. The monoisotopic (exact) mass is 268 g/mol. The molecule has 108 valence electrons. The molecular formula is C14H24N2O3. The van der Waals surface area contributed by atoms with E-state index in [9.17, 15) is 9.59 Å². The van der Waals surface area contributed by atoms with E-state index in [2.05, 4.69) is 18.8 Å². The van der Waals surface area contributed by atoms with E-state index in [1.54, 1.807) is 11.9 Å². The Hall–Kier alpha value is -1.52. The van der Waals surface area contributed by atoms with E-state index in [1.807, 2.05) is 0 Å². The fraction of sp³-hybridized carbons (Fsp3) is 0.714. The quantitative estimate of drug-likeness (QED) is 0.751. The minimum atomic E-state index is -1.03. The van der Waals surface area contributed by atoms with Crippen LogP contribution in [0.3, 0.4) is 0 Å². The zero-order valence-corrected chi connectivity index (χ0v) is 11.8. The smallest absolute Gasteiger partial charge is 0.326 e. The van der Waals surface area contributed by atoms with Crippen molar-refractivity contribution in [2.75, 3.05) is 7.05 Å². The van der Waals surface area contributed by atoms with Gasteiger partial charge in [0.25, 0.3) is 0 Å². The van der Waals surface area contributed by atoms with Gasteiger partial charge in [-0.05, 0) is 38.0 Å². The van der Waals surface area contributed by atoms with Crippen molar-refractivity contribution in [3.05, 3.63) is 12.7 Å². The van der Waals surface area contributed by atoms with Crippen LogP contribution in [0.25, 0.3) is 0 Å². The van der Waals surface area contributed by atoms with Gasteiger partial charge in [0.1, 0.15) is 6.04 Å². The largest absolute Gasteiger partial charge is 0.480 e. The van der Waals surface area contributed by atoms with Crippen LogP contribution in [0.4, 0.5) is 4.79 Å². The zero-order valence-electron chi connectivity index (χ0n) is 11.8. The summed E-state index contributed by atoms with van der Waals surface area (Å²) in [6.45, 7) is 5.73. The number of nitrogens with zero attached hydrogens (tertiary/aromatic N) is 1. The summed E-state index contributed by atoms with van der Waals surface area (Å²) >= 11 is 0. The normalized spacial score (nSPS) is 24.3. The second kappa shape index (κ2) is 7.16. The summed E-state index contributed by atoms with van der Waals surface area (Å²) in [5.41, 5.74) is 0. The first-order valence-corrected chi connectivity index (χ1v) is 6.82. The molecule has 2 N–H and O–H groups in total. The van der Waals surface area contributed by atoms with Crippen LogP contribution >= 0.6 is 0 Å². The first-order chi connectivity index (χ1) is 8.95. The van der Waals surface area contributed by atoms with Gasteiger partial charge in [-0.3, -0.25) is 0 Å². The van der Waals surface area contributed by atoms with Gasteiger partial charge < -0.3 is 15.3 Å². The highest BCUT2D eigenvalue weighted by atomic mass is 16.4. The maximum atomic E-state index is 12.0. The molecule has 2 amide bonds. The van der Waals surface area contributed by atoms with Crippen LogP contribution in [0.5, 0.6) is 0 Å². The average molecular weight is 268 g/mol. The zero-order chi connectivity index (χ0) is 14.4. The van der Waals surface area contributed by atoms with Crippen LogP contribution in [-0.4, -0.2) is 41.1 Å². The number of hydrogen-bond acceptors (Lipinski definition) is 2. The van der Waals surface area contributed by atoms with Gasteiger partial charge in [0, 0.05) is 13.1 Å². The minimum Gasteiger partial charge on any atom is -0.480 e. The number of carbonyl (C=O) groups is 2. The molecule has 0 aromatic carbocycles. The van der Waals surface area contributed by atoms with Crippen LogP contribution in [0.2, 0.25) is 0 Å². The Labute approximate surface area is 114 Å². The summed E-state index contributed by atoms with van der Waals surface area (Å²) < 4.78 is 0. The Kier molecular flexibility index (Phi) is 5.86. The second-order valence-corrected chi connectivity index (χ2v) is 5.39. The van der Waals surface area contributed by atoms with E-state index in [0.29, 0.717) is 0 Å². The SMILES string of the molecule is C=CCC(NC(=O)N(C)C1CCC(C)CC1)C(=O)O. The molecule has 0 saturated heterocycles. The van der Waals surface area contributed by atoms with Crippen molar-refractivity contribution in [3.8, 4) is 0 Å². The van der Waals surface area contributed by atoms with Gasteiger partial charge in [0.15, 0.2) is 0 Å². The molecule has 5 nitrogen and oxygen atoms in total. The van der Waals surface area contributed by atoms with Crippen LogP contribution in [-0.2, 0) is 4.79 Å². The molecule has 0 aliphatic heterocycles. The molecular weight excluding hydrogens is 244 g/mol. The van der Waals surface area contributed by atoms with Crippen molar-refractivity contribution in [2.45, 2.75) is 51.1 Å². The number of amides is 2. The third-order valence-corrected chi connectivity index (χ3v) is 3.85. The number of hydrogen-bond donors (Lipinski definition) is 2. The van der Waals surface area contributed by atoms with Gasteiger partial charge in [-0.25, -0.2) is 9.59 Å². The van der Waals surface area contributed by atoms with E-state index >= 15 is 0 Å². The summed E-state index contributed by atoms with van der Waals surface area (Å²) in [6.07, 6.45) is 5.96. The lowest BCUT2D eigenvalue weighted by molar-refractivity contribution is -0.139. The molecule has 1 saturated carbocycles. The lowest BCUT2D eigenvalue weighted by Crippen LogP contribution is -2.50. The van der Waals surface area contributed by atoms with Crippen molar-refractivity contribution in [1.29, 1.82) is 0 Å². The molecule has 1 rings (SSSR count). The van der Waals surface area contributed by atoms with Gasteiger partial charge in [0.2, 0.25) is 0 Å². The van der Waals surface area contributed by atoms with E-state index < -0.39 is 12.0 Å². The van der Waals surface area contributed by atoms with E-state index in [-0.39, 0.29) is 18.5 Å². The van der Waals surface area contributed by atoms with Gasteiger partial charge >= 0.3 is 12.0 Å². The number of aliphatic carboxylic acids is 1. The van der Waals surface area contributed by atoms with Crippen LogP contribution < -0.4 is 5.32 Å². The molecule has 1 aliphatic rings. The number of carboxylic acid groups (broad SMARTS) is 1. The maximum absolute atomic E-state index is 12.0. The predicted octanol–water partition coefficient (Wildman–Crippen LogP) is 2.24. The predicted molar refractivity (Wildman–Crippen MR) is 74.0 cm³/mol. The van der Waals surface area contributed by atoms with Gasteiger partial charge in [0.05, 0.1) is 0 Å². The van der Waals surface area contributed by atoms with Crippen molar-refractivity contribution < 1.29 is 14.7 Å². The first kappa shape index (κ1) is 15.5. The number of carboxylic acids is 1. The molecule has 0 radical (unpaired) electrons. The highest BCUT2D eigenvalue weighted by Crippen LogP contribution is 2.26. The molecule has 5 heteroatoms. The van der Waals surface area contributed by atoms with E-state index in [1.165, 1.54) is 6.08 Å². The molecule has 0 bridgehead atoms. The Morgan fingerprint density at radius 2 is 2.00 bits per heavy atom. The van der Waals surface area contributed by atoms with Crippen molar-refractivity contribution >= 4 is 12.0 Å². The molecule has 1 unspecified atom stereocenters. The van der Waals surface area contributed by atoms with Crippen LogP contribution in [0, 0.1) is 5.92 Å². The van der Waals surface area contributed by atoms with Crippen LogP contribution in [0.1, 0.15) is 39.0 Å². The lowest BCUT2D eigenvalue weighted by Gasteiger charge is -2.34. The third kappa shape index (κ3) is 4.58. The minimum absolute atomic E-state index is 0.217. The Morgan fingerprint density at radius 3 is 2.47 bits per heavy atom. The summed E-state index contributed by atoms with van der Waals surface area (Å²) in [5.74, 6) is -0.306. The van der Waals surface area contributed by atoms with E-state index in [0.717, 1.165) is 31.6 Å². The standard InChI is InChI=1S/C14H24N2O3/c1-4-5-12(13(17)18)15-14(19)16(3)11-8-6-10(2)7-9-11/h4,10-12H,1,5-9H2,2-3H3,(H,15,19)(H,17,18). The van der Waals surface area contributed by atoms with Crippen molar-refractivity contribution in [2.24, 2.45) is 5.92 Å². The van der Waals surface area contributed by atoms with Gasteiger partial charge in [-0.15, -0.1) is 6.58 Å². The molecule has 0 spiro atoms.